The summed E-state index contributed by atoms with van der Waals surface area (Å²) in [6.07, 6.45) is -5.14. The normalized spacial score (nSPS) is 11.8. The van der Waals surface area contributed by atoms with Gasteiger partial charge in [-0.15, -0.1) is 0 Å². The highest BCUT2D eigenvalue weighted by atomic mass is 35.5. The molecule has 0 aliphatic heterocycles. The van der Waals surface area contributed by atoms with Gasteiger partial charge in [-0.25, -0.2) is 9.89 Å². The maximum absolute atomic E-state index is 12.8. The van der Waals surface area contributed by atoms with E-state index in [1.807, 2.05) is 0 Å². The number of hydrogen-bond donors (Lipinski definition) is 1. The molecule has 0 radical (unpaired) electrons. The molecule has 0 fully saturated rings. The Bertz CT molecular complexity index is 1610. The fraction of sp³-hybridized carbons (Fsp3) is 0.125. The average molecular weight is 553 g/mol. The van der Waals surface area contributed by atoms with Crippen molar-refractivity contribution in [1.29, 1.82) is 0 Å². The largest absolute Gasteiger partial charge is 0.433 e. The number of aromatic nitrogens is 6. The first-order valence-corrected chi connectivity index (χ1v) is 11.0. The summed E-state index contributed by atoms with van der Waals surface area (Å²) in [6, 6.07) is 11.3. The Morgan fingerprint density at radius 2 is 1.37 bits per heavy atom. The van der Waals surface area contributed by atoms with E-state index in [0.29, 0.717) is 27.3 Å². The number of aromatic amines is 1. The van der Waals surface area contributed by atoms with Crippen LogP contribution in [0, 0.1) is 6.92 Å². The predicted octanol–water partition coefficient (Wildman–Crippen LogP) is 6.23. The Kier molecular flexibility index (Phi) is 7.22. The van der Waals surface area contributed by atoms with Crippen LogP contribution in [0.15, 0.2) is 71.9 Å². The number of aryl methyl sites for hydroxylation is 1. The van der Waals surface area contributed by atoms with E-state index in [1.165, 1.54) is 24.5 Å². The van der Waals surface area contributed by atoms with E-state index < -0.39 is 29.4 Å². The third-order valence-electron chi connectivity index (χ3n) is 5.15. The SMILES string of the molecule is Cc1ccc(C(F)(F)F)nc1.O=c1[nH]nc2c(-c3ccc(C(F)(F)F)nc3)c(-c3ccc(Cl)cc3)cnn12. The molecule has 5 rings (SSSR count). The summed E-state index contributed by atoms with van der Waals surface area (Å²) in [5.74, 6) is 0. The highest BCUT2D eigenvalue weighted by Crippen LogP contribution is 2.35. The monoisotopic (exact) mass is 552 g/mol. The fourth-order valence-corrected chi connectivity index (χ4v) is 3.46. The average Bonchev–Trinajstić information content (AvgIpc) is 3.24. The number of nitrogens with zero attached hydrogens (tertiary/aromatic N) is 5. The summed E-state index contributed by atoms with van der Waals surface area (Å²) < 4.78 is 75.0. The van der Waals surface area contributed by atoms with Crippen LogP contribution in [0.4, 0.5) is 26.3 Å². The second-order valence-electron chi connectivity index (χ2n) is 7.85. The molecule has 196 valence electrons. The zero-order valence-corrected chi connectivity index (χ0v) is 19.9. The highest BCUT2D eigenvalue weighted by molar-refractivity contribution is 6.30. The van der Waals surface area contributed by atoms with Gasteiger partial charge in [0.1, 0.15) is 11.4 Å². The van der Waals surface area contributed by atoms with Gasteiger partial charge in [0, 0.05) is 34.1 Å². The van der Waals surface area contributed by atoms with Crippen LogP contribution in [-0.4, -0.2) is 29.8 Å². The Hall–Kier alpha value is -4.26. The summed E-state index contributed by atoms with van der Waals surface area (Å²) in [7, 11) is 0. The molecule has 1 aromatic carbocycles. The van der Waals surface area contributed by atoms with Gasteiger partial charge in [0.05, 0.1) is 6.20 Å². The van der Waals surface area contributed by atoms with Crippen molar-refractivity contribution in [3.63, 3.8) is 0 Å². The van der Waals surface area contributed by atoms with Crippen molar-refractivity contribution in [3.05, 3.63) is 99.6 Å². The number of rotatable bonds is 2. The van der Waals surface area contributed by atoms with Crippen LogP contribution >= 0.6 is 11.6 Å². The van der Waals surface area contributed by atoms with Gasteiger partial charge in [0.2, 0.25) is 0 Å². The third-order valence-corrected chi connectivity index (χ3v) is 5.40. The van der Waals surface area contributed by atoms with Crippen molar-refractivity contribution in [2.24, 2.45) is 0 Å². The molecule has 4 heterocycles. The second kappa shape index (κ2) is 10.2. The minimum atomic E-state index is -4.55. The molecule has 0 atom stereocenters. The van der Waals surface area contributed by atoms with E-state index in [9.17, 15) is 31.1 Å². The molecule has 5 aromatic rings. The molecule has 0 amide bonds. The van der Waals surface area contributed by atoms with Crippen LogP contribution in [0.5, 0.6) is 0 Å². The Morgan fingerprint density at radius 1 is 0.789 bits per heavy atom. The summed E-state index contributed by atoms with van der Waals surface area (Å²) in [6.45, 7) is 1.69. The molecule has 0 unspecified atom stereocenters. The van der Waals surface area contributed by atoms with Crippen molar-refractivity contribution >= 4 is 17.2 Å². The molecule has 0 saturated heterocycles. The van der Waals surface area contributed by atoms with Gasteiger partial charge in [-0.1, -0.05) is 35.9 Å². The lowest BCUT2D eigenvalue weighted by Gasteiger charge is -2.11. The second-order valence-corrected chi connectivity index (χ2v) is 8.29. The van der Waals surface area contributed by atoms with Gasteiger partial charge >= 0.3 is 18.0 Å². The maximum Gasteiger partial charge on any atom is 0.433 e. The Labute approximate surface area is 214 Å². The summed E-state index contributed by atoms with van der Waals surface area (Å²) in [4.78, 5) is 18.6. The highest BCUT2D eigenvalue weighted by Gasteiger charge is 2.33. The molecule has 0 saturated carbocycles. The zero-order chi connectivity index (χ0) is 27.7. The molecule has 0 aliphatic rings. The van der Waals surface area contributed by atoms with Gasteiger partial charge < -0.3 is 0 Å². The molecule has 7 nitrogen and oxygen atoms in total. The van der Waals surface area contributed by atoms with Gasteiger partial charge in [-0.05, 0) is 42.3 Å². The van der Waals surface area contributed by atoms with E-state index in [4.69, 9.17) is 11.6 Å². The molecule has 0 bridgehead atoms. The van der Waals surface area contributed by atoms with Gasteiger partial charge in [0.15, 0.2) is 5.65 Å². The number of benzene rings is 1. The molecule has 4 aromatic heterocycles. The number of halogens is 7. The topological polar surface area (TPSA) is 88.8 Å². The van der Waals surface area contributed by atoms with Crippen LogP contribution in [0.2, 0.25) is 5.02 Å². The maximum atomic E-state index is 12.8. The minimum absolute atomic E-state index is 0.175. The van der Waals surface area contributed by atoms with Crippen LogP contribution < -0.4 is 5.69 Å². The lowest BCUT2D eigenvalue weighted by Crippen LogP contribution is -2.12. The smallest absolute Gasteiger partial charge is 0.252 e. The zero-order valence-electron chi connectivity index (χ0n) is 19.1. The van der Waals surface area contributed by atoms with Gasteiger partial charge in [0.25, 0.3) is 0 Å². The van der Waals surface area contributed by atoms with E-state index in [-0.39, 0.29) is 5.65 Å². The van der Waals surface area contributed by atoms with Crippen molar-refractivity contribution in [1.82, 2.24) is 29.8 Å². The molecule has 1 N–H and O–H groups in total. The molecule has 0 aliphatic carbocycles. The first kappa shape index (κ1) is 26.8. The van der Waals surface area contributed by atoms with Crippen LogP contribution in [0.1, 0.15) is 17.0 Å². The van der Waals surface area contributed by atoms with E-state index in [2.05, 4.69) is 25.3 Å². The van der Waals surface area contributed by atoms with Crippen LogP contribution in [0.25, 0.3) is 27.9 Å². The van der Waals surface area contributed by atoms with Crippen molar-refractivity contribution in [2.45, 2.75) is 19.3 Å². The molecular formula is C24H15ClF6N6O. The first-order chi connectivity index (χ1) is 17.8. The Morgan fingerprint density at radius 3 is 1.89 bits per heavy atom. The minimum Gasteiger partial charge on any atom is -0.252 e. The molecular weight excluding hydrogens is 538 g/mol. The van der Waals surface area contributed by atoms with Crippen LogP contribution in [0.3, 0.4) is 0 Å². The number of nitrogens with one attached hydrogen (secondary N) is 1. The number of pyridine rings is 2. The first-order valence-electron chi connectivity index (χ1n) is 10.6. The van der Waals surface area contributed by atoms with Crippen molar-refractivity contribution in [3.8, 4) is 22.3 Å². The molecule has 14 heteroatoms. The quantitative estimate of drug-likeness (QED) is 0.262. The number of alkyl halides is 6. The standard InChI is InChI=1S/C17H9ClF3N5O.C7H6F3N/c18-11-4-1-9(2-5-11)12-8-23-26-15(24-25-16(26)27)14(12)10-3-6-13(22-7-10)17(19,20)21;1-5-2-3-6(11-4-5)7(8,9)10/h1-8H,(H,25,27);2-4H,1H3. The third kappa shape index (κ3) is 5.83. The van der Waals surface area contributed by atoms with Crippen molar-refractivity contribution < 1.29 is 26.3 Å². The van der Waals surface area contributed by atoms with E-state index >= 15 is 0 Å². The summed E-state index contributed by atoms with van der Waals surface area (Å²) in [5.41, 5.74) is 0.540. The molecule has 38 heavy (non-hydrogen) atoms. The summed E-state index contributed by atoms with van der Waals surface area (Å²) >= 11 is 5.92. The lowest BCUT2D eigenvalue weighted by atomic mass is 9.98. The summed E-state index contributed by atoms with van der Waals surface area (Å²) in [5, 5.41) is 10.8. The predicted molar refractivity (Wildman–Crippen MR) is 126 cm³/mol. The van der Waals surface area contributed by atoms with Crippen LogP contribution in [-0.2, 0) is 12.4 Å². The van der Waals surface area contributed by atoms with Gasteiger partial charge in [-0.3, -0.25) is 9.97 Å². The van der Waals surface area contributed by atoms with Crippen molar-refractivity contribution in [2.75, 3.05) is 0 Å². The number of fused-ring (bicyclic) bond motifs is 1. The Balaban J connectivity index is 0.000000257. The van der Waals surface area contributed by atoms with Gasteiger partial charge in [-0.2, -0.15) is 41.1 Å². The lowest BCUT2D eigenvalue weighted by molar-refractivity contribution is -0.141. The van der Waals surface area contributed by atoms with E-state index in [0.717, 1.165) is 28.4 Å². The van der Waals surface area contributed by atoms with E-state index in [1.54, 1.807) is 31.2 Å². The fourth-order valence-electron chi connectivity index (χ4n) is 3.34. The molecule has 0 spiro atoms. The number of hydrogen-bond acceptors (Lipinski definition) is 5. The number of H-pyrrole nitrogens is 1.